The van der Waals surface area contributed by atoms with Crippen LogP contribution in [0.2, 0.25) is 5.15 Å². The van der Waals surface area contributed by atoms with Crippen LogP contribution < -0.4 is 0 Å². The molecular weight excluding hydrogens is 207 g/mol. The Morgan fingerprint density at radius 3 is 2.38 bits per heavy atom. The highest BCUT2D eigenvalue weighted by molar-refractivity contribution is 6.31. The molecule has 1 aromatic heterocycles. The van der Waals surface area contributed by atoms with Gasteiger partial charge < -0.3 is 0 Å². The predicted octanol–water partition coefficient (Wildman–Crippen LogP) is 2.21. The summed E-state index contributed by atoms with van der Waals surface area (Å²) in [5.41, 5.74) is -1.31. The lowest BCUT2D eigenvalue weighted by Gasteiger charge is -2.05. The zero-order valence-electron chi connectivity index (χ0n) is 6.02. The Bertz CT molecular complexity index is 337. The molecule has 6 heteroatoms. The Labute approximate surface area is 76.3 Å². The molecule has 69 valence electrons. The summed E-state index contributed by atoms with van der Waals surface area (Å²) in [7, 11) is 0. The van der Waals surface area contributed by atoms with Crippen LogP contribution in [0.5, 0.6) is 0 Å². The standard InChI is InChI=1S/C7H2ClF3NO/c8-6-4(3-13)1-2-5(12-6)7(9,10)11/h1-2H. The van der Waals surface area contributed by atoms with Crippen molar-refractivity contribution in [2.75, 3.05) is 0 Å². The number of aromatic nitrogens is 1. The molecule has 0 fully saturated rings. The number of rotatable bonds is 1. The first-order chi connectivity index (χ1) is 5.95. The second-order valence-corrected chi connectivity index (χ2v) is 2.49. The minimum atomic E-state index is -4.55. The van der Waals surface area contributed by atoms with E-state index in [1.165, 1.54) is 6.29 Å². The van der Waals surface area contributed by atoms with Crippen LogP contribution in [0.4, 0.5) is 13.2 Å². The summed E-state index contributed by atoms with van der Waals surface area (Å²) in [6, 6.07) is 1.59. The van der Waals surface area contributed by atoms with E-state index in [4.69, 9.17) is 11.6 Å². The molecule has 0 aliphatic heterocycles. The SMILES string of the molecule is O=[C]c1ccc(C(F)(F)F)nc1Cl. The fraction of sp³-hybridized carbons (Fsp3) is 0.143. The predicted molar refractivity (Wildman–Crippen MR) is 39.0 cm³/mol. The minimum absolute atomic E-state index is 0.185. The molecule has 0 N–H and O–H groups in total. The van der Waals surface area contributed by atoms with Gasteiger partial charge in [0.2, 0.25) is 6.29 Å². The number of carbonyl (C=O) groups excluding carboxylic acids is 1. The number of hydrogen-bond acceptors (Lipinski definition) is 2. The molecule has 0 saturated heterocycles. The molecule has 2 nitrogen and oxygen atoms in total. The maximum Gasteiger partial charge on any atom is 0.433 e. The maximum absolute atomic E-state index is 12.0. The van der Waals surface area contributed by atoms with Crippen LogP contribution in [-0.4, -0.2) is 11.3 Å². The van der Waals surface area contributed by atoms with E-state index in [0.717, 1.165) is 6.07 Å². The van der Waals surface area contributed by atoms with Crippen molar-refractivity contribution in [1.82, 2.24) is 4.98 Å². The lowest BCUT2D eigenvalue weighted by molar-refractivity contribution is -0.141. The van der Waals surface area contributed by atoms with Crippen molar-refractivity contribution in [2.24, 2.45) is 0 Å². The normalized spacial score (nSPS) is 11.4. The smallest absolute Gasteiger partial charge is 0.285 e. The number of alkyl halides is 3. The van der Waals surface area contributed by atoms with E-state index in [1.807, 2.05) is 0 Å². The fourth-order valence-corrected chi connectivity index (χ4v) is 0.861. The van der Waals surface area contributed by atoms with Gasteiger partial charge in [-0.2, -0.15) is 13.2 Å². The van der Waals surface area contributed by atoms with Gasteiger partial charge in [0.1, 0.15) is 10.8 Å². The summed E-state index contributed by atoms with van der Waals surface area (Å²) in [6.07, 6.45) is -3.19. The van der Waals surface area contributed by atoms with Crippen molar-refractivity contribution in [1.29, 1.82) is 0 Å². The summed E-state index contributed by atoms with van der Waals surface area (Å²) in [5, 5.41) is -0.496. The van der Waals surface area contributed by atoms with Crippen LogP contribution >= 0.6 is 11.6 Å². The number of nitrogens with zero attached hydrogens (tertiary/aromatic N) is 1. The van der Waals surface area contributed by atoms with Gasteiger partial charge in [-0.3, -0.25) is 4.79 Å². The summed E-state index contributed by atoms with van der Waals surface area (Å²) < 4.78 is 36.0. The first-order valence-electron chi connectivity index (χ1n) is 3.07. The lowest BCUT2D eigenvalue weighted by Crippen LogP contribution is -2.08. The Kier molecular flexibility index (Phi) is 2.56. The van der Waals surface area contributed by atoms with Crippen molar-refractivity contribution in [3.63, 3.8) is 0 Å². The average molecular weight is 209 g/mol. The van der Waals surface area contributed by atoms with Gasteiger partial charge in [0.25, 0.3) is 0 Å². The van der Waals surface area contributed by atoms with Crippen molar-refractivity contribution < 1.29 is 18.0 Å². The van der Waals surface area contributed by atoms with Crippen LogP contribution in [0.15, 0.2) is 12.1 Å². The van der Waals surface area contributed by atoms with E-state index >= 15 is 0 Å². The minimum Gasteiger partial charge on any atom is -0.285 e. The molecule has 0 spiro atoms. The van der Waals surface area contributed by atoms with Crippen LogP contribution in [0, 0.1) is 0 Å². The van der Waals surface area contributed by atoms with E-state index in [-0.39, 0.29) is 5.56 Å². The second-order valence-electron chi connectivity index (χ2n) is 2.13. The van der Waals surface area contributed by atoms with Gasteiger partial charge in [-0.05, 0) is 12.1 Å². The quantitative estimate of drug-likeness (QED) is 0.663. The molecule has 0 saturated carbocycles. The van der Waals surface area contributed by atoms with Gasteiger partial charge in [0.15, 0.2) is 0 Å². The van der Waals surface area contributed by atoms with Gasteiger partial charge in [-0.25, -0.2) is 4.98 Å². The van der Waals surface area contributed by atoms with E-state index < -0.39 is 17.0 Å². The van der Waals surface area contributed by atoms with Gasteiger partial charge in [-0.15, -0.1) is 0 Å². The summed E-state index contributed by atoms with van der Waals surface area (Å²) in [6.45, 7) is 0. The largest absolute Gasteiger partial charge is 0.433 e. The monoisotopic (exact) mass is 208 g/mol. The highest BCUT2D eigenvalue weighted by Crippen LogP contribution is 2.28. The Morgan fingerprint density at radius 2 is 2.00 bits per heavy atom. The summed E-state index contributed by atoms with van der Waals surface area (Å²) in [4.78, 5) is 13.1. The molecule has 1 rings (SSSR count). The van der Waals surface area contributed by atoms with Crippen molar-refractivity contribution in [3.8, 4) is 0 Å². The molecule has 0 atom stereocenters. The molecular formula is C7H2ClF3NO. The molecule has 1 aromatic rings. The first kappa shape index (κ1) is 9.98. The van der Waals surface area contributed by atoms with E-state index in [0.29, 0.717) is 6.07 Å². The van der Waals surface area contributed by atoms with E-state index in [1.54, 1.807) is 0 Å². The highest BCUT2D eigenvalue weighted by atomic mass is 35.5. The number of pyridine rings is 1. The van der Waals surface area contributed by atoms with E-state index in [9.17, 15) is 18.0 Å². The molecule has 0 aromatic carbocycles. The molecule has 0 aliphatic rings. The second kappa shape index (κ2) is 3.33. The fourth-order valence-electron chi connectivity index (χ4n) is 0.668. The lowest BCUT2D eigenvalue weighted by atomic mass is 10.2. The van der Waals surface area contributed by atoms with Crippen LogP contribution in [0.3, 0.4) is 0 Å². The summed E-state index contributed by atoms with van der Waals surface area (Å²) in [5.74, 6) is 0. The van der Waals surface area contributed by atoms with Crippen LogP contribution in [0.25, 0.3) is 0 Å². The van der Waals surface area contributed by atoms with Crippen LogP contribution in [0.1, 0.15) is 11.3 Å². The Morgan fingerprint density at radius 1 is 1.38 bits per heavy atom. The third-order valence-corrected chi connectivity index (χ3v) is 1.54. The van der Waals surface area contributed by atoms with Gasteiger partial charge >= 0.3 is 6.18 Å². The third-order valence-electron chi connectivity index (χ3n) is 1.25. The third kappa shape index (κ3) is 2.18. The van der Waals surface area contributed by atoms with Gasteiger partial charge in [0, 0.05) is 0 Å². The van der Waals surface area contributed by atoms with Gasteiger partial charge in [0.05, 0.1) is 5.56 Å². The van der Waals surface area contributed by atoms with Crippen molar-refractivity contribution in [2.45, 2.75) is 6.18 Å². The molecule has 0 aliphatic carbocycles. The van der Waals surface area contributed by atoms with Gasteiger partial charge in [-0.1, -0.05) is 11.6 Å². The summed E-state index contributed by atoms with van der Waals surface area (Å²) >= 11 is 5.26. The highest BCUT2D eigenvalue weighted by Gasteiger charge is 2.32. The first-order valence-corrected chi connectivity index (χ1v) is 3.45. The Balaban J connectivity index is 3.17. The molecule has 0 bridgehead atoms. The molecule has 0 unspecified atom stereocenters. The van der Waals surface area contributed by atoms with Crippen LogP contribution in [-0.2, 0) is 11.0 Å². The molecule has 13 heavy (non-hydrogen) atoms. The zero-order valence-corrected chi connectivity index (χ0v) is 6.78. The zero-order chi connectivity index (χ0) is 10.1. The molecule has 0 amide bonds. The number of halogens is 4. The maximum atomic E-state index is 12.0. The topological polar surface area (TPSA) is 30.0 Å². The van der Waals surface area contributed by atoms with E-state index in [2.05, 4.69) is 4.98 Å². The Hall–Kier alpha value is -1.10. The van der Waals surface area contributed by atoms with Crippen molar-refractivity contribution in [3.05, 3.63) is 28.5 Å². The van der Waals surface area contributed by atoms with Crippen molar-refractivity contribution >= 4 is 17.9 Å². The molecule has 1 heterocycles. The average Bonchev–Trinajstić information content (AvgIpc) is 2.02. The number of hydrogen-bond donors (Lipinski definition) is 0. The molecule has 1 radical (unpaired) electrons.